The summed E-state index contributed by atoms with van der Waals surface area (Å²) in [6.45, 7) is 6.40. The second-order valence-corrected chi connectivity index (χ2v) is 7.91. The largest absolute Gasteiger partial charge is 0.494 e. The Kier molecular flexibility index (Phi) is 6.36. The molecule has 1 amide bonds. The molecule has 0 radical (unpaired) electrons. The van der Waals surface area contributed by atoms with Crippen molar-refractivity contribution in [2.45, 2.75) is 58.5 Å². The van der Waals surface area contributed by atoms with Gasteiger partial charge in [0, 0.05) is 19.5 Å². The average Bonchev–Trinajstić information content (AvgIpc) is 3.41. The molecule has 0 unspecified atom stereocenters. The Morgan fingerprint density at radius 3 is 2.70 bits per heavy atom. The van der Waals surface area contributed by atoms with Crippen LogP contribution < -0.4 is 4.74 Å². The van der Waals surface area contributed by atoms with Gasteiger partial charge in [0.2, 0.25) is 5.91 Å². The number of nitrogens with zero attached hydrogens (tertiary/aromatic N) is 3. The first-order valence-corrected chi connectivity index (χ1v) is 11.2. The van der Waals surface area contributed by atoms with Gasteiger partial charge in [-0.15, -0.1) is 0 Å². The van der Waals surface area contributed by atoms with E-state index >= 15 is 0 Å². The van der Waals surface area contributed by atoms with Crippen molar-refractivity contribution < 1.29 is 9.53 Å². The standard InChI is InChI=1S/C25H31N3O2/c1-3-19-12-14-20(15-13-19)30-18-8-17-28-22-10-6-5-9-21(22)26-25(28)23-11-7-16-27(23)24(29)4-2/h5-6,9-10,12-15,23H,3-4,7-8,11,16-18H2,1-2H3/t23-/m0/s1. The number of fused-ring (bicyclic) bond motifs is 1. The van der Waals surface area contributed by atoms with Crippen molar-refractivity contribution in [3.8, 4) is 5.75 Å². The highest BCUT2D eigenvalue weighted by Crippen LogP contribution is 2.34. The van der Waals surface area contributed by atoms with Gasteiger partial charge < -0.3 is 14.2 Å². The van der Waals surface area contributed by atoms with Gasteiger partial charge in [-0.1, -0.05) is 38.1 Å². The van der Waals surface area contributed by atoms with Crippen LogP contribution in [0.5, 0.6) is 5.75 Å². The normalized spacial score (nSPS) is 16.3. The molecule has 4 rings (SSSR count). The van der Waals surface area contributed by atoms with Gasteiger partial charge in [-0.25, -0.2) is 4.98 Å². The number of carbonyl (C=O) groups excluding carboxylic acids is 1. The van der Waals surface area contributed by atoms with Crippen molar-refractivity contribution in [3.63, 3.8) is 0 Å². The SMILES string of the molecule is CCC(=O)N1CCC[C@H]1c1nc2ccccc2n1CCCOc1ccc(CC)cc1. The summed E-state index contributed by atoms with van der Waals surface area (Å²) in [6, 6.07) is 16.7. The number of ether oxygens (including phenoxy) is 1. The predicted molar refractivity (Wildman–Crippen MR) is 120 cm³/mol. The molecule has 3 aromatic rings. The number of carbonyl (C=O) groups is 1. The number of hydrogen-bond acceptors (Lipinski definition) is 3. The molecule has 1 saturated heterocycles. The number of imidazole rings is 1. The second-order valence-electron chi connectivity index (χ2n) is 7.91. The maximum atomic E-state index is 12.5. The van der Waals surface area contributed by atoms with Crippen LogP contribution in [0.2, 0.25) is 0 Å². The maximum Gasteiger partial charge on any atom is 0.222 e. The smallest absolute Gasteiger partial charge is 0.222 e. The van der Waals surface area contributed by atoms with Gasteiger partial charge in [-0.2, -0.15) is 0 Å². The number of para-hydroxylation sites is 2. The van der Waals surface area contributed by atoms with Crippen LogP contribution in [0.4, 0.5) is 0 Å². The van der Waals surface area contributed by atoms with Gasteiger partial charge in [0.15, 0.2) is 0 Å². The van der Waals surface area contributed by atoms with Crippen LogP contribution in [0.15, 0.2) is 48.5 Å². The summed E-state index contributed by atoms with van der Waals surface area (Å²) in [5.74, 6) is 2.15. The highest BCUT2D eigenvalue weighted by molar-refractivity contribution is 5.78. The minimum absolute atomic E-state index is 0.0763. The highest BCUT2D eigenvalue weighted by atomic mass is 16.5. The molecule has 2 heterocycles. The summed E-state index contributed by atoms with van der Waals surface area (Å²) in [6.07, 6.45) is 4.49. The van der Waals surface area contributed by atoms with Crippen LogP contribution >= 0.6 is 0 Å². The first kappa shape index (κ1) is 20.5. The molecule has 0 saturated carbocycles. The van der Waals surface area contributed by atoms with E-state index in [1.165, 1.54) is 5.56 Å². The minimum Gasteiger partial charge on any atom is -0.494 e. The summed E-state index contributed by atoms with van der Waals surface area (Å²) in [4.78, 5) is 19.4. The van der Waals surface area contributed by atoms with Gasteiger partial charge in [0.25, 0.3) is 0 Å². The summed E-state index contributed by atoms with van der Waals surface area (Å²) < 4.78 is 8.26. The van der Waals surface area contributed by atoms with Crippen LogP contribution in [-0.2, 0) is 17.8 Å². The van der Waals surface area contributed by atoms with E-state index in [0.717, 1.165) is 61.4 Å². The summed E-state index contributed by atoms with van der Waals surface area (Å²) in [5, 5.41) is 0. The molecule has 0 aliphatic carbocycles. The Bertz CT molecular complexity index is 993. The topological polar surface area (TPSA) is 47.4 Å². The number of amides is 1. The second kappa shape index (κ2) is 9.33. The molecule has 158 valence electrons. The molecule has 1 aliphatic rings. The molecule has 1 fully saturated rings. The lowest BCUT2D eigenvalue weighted by atomic mass is 10.2. The monoisotopic (exact) mass is 405 g/mol. The van der Waals surface area contributed by atoms with Crippen molar-refractivity contribution in [1.29, 1.82) is 0 Å². The fourth-order valence-electron chi connectivity index (χ4n) is 4.35. The summed E-state index contributed by atoms with van der Waals surface area (Å²) in [5.41, 5.74) is 3.45. The molecule has 0 N–H and O–H groups in total. The average molecular weight is 406 g/mol. The Morgan fingerprint density at radius 1 is 1.13 bits per heavy atom. The zero-order chi connectivity index (χ0) is 20.9. The lowest BCUT2D eigenvalue weighted by Gasteiger charge is -2.25. The molecular formula is C25H31N3O2. The predicted octanol–water partition coefficient (Wildman–Crippen LogP) is 5.14. The molecule has 5 nitrogen and oxygen atoms in total. The molecular weight excluding hydrogens is 374 g/mol. The lowest BCUT2D eigenvalue weighted by Crippen LogP contribution is -2.31. The van der Waals surface area contributed by atoms with Crippen molar-refractivity contribution in [3.05, 3.63) is 59.9 Å². The van der Waals surface area contributed by atoms with Crippen molar-refractivity contribution in [1.82, 2.24) is 14.5 Å². The fraction of sp³-hybridized carbons (Fsp3) is 0.440. The number of likely N-dealkylation sites (tertiary alicyclic amines) is 1. The van der Waals surface area contributed by atoms with E-state index in [-0.39, 0.29) is 11.9 Å². The van der Waals surface area contributed by atoms with Crippen LogP contribution in [0.1, 0.15) is 57.0 Å². The molecule has 0 bridgehead atoms. The quantitative estimate of drug-likeness (QED) is 0.488. The molecule has 30 heavy (non-hydrogen) atoms. The Hall–Kier alpha value is -2.82. The van der Waals surface area contributed by atoms with E-state index in [4.69, 9.17) is 9.72 Å². The van der Waals surface area contributed by atoms with Crippen molar-refractivity contribution in [2.24, 2.45) is 0 Å². The third-order valence-electron chi connectivity index (χ3n) is 5.98. The zero-order valence-electron chi connectivity index (χ0n) is 18.0. The molecule has 5 heteroatoms. The Labute approximate surface area is 178 Å². The summed E-state index contributed by atoms with van der Waals surface area (Å²) in [7, 11) is 0. The van der Waals surface area contributed by atoms with Crippen LogP contribution in [-0.4, -0.2) is 33.5 Å². The van der Waals surface area contributed by atoms with Gasteiger partial charge in [0.05, 0.1) is 23.7 Å². The van der Waals surface area contributed by atoms with Gasteiger partial charge in [0.1, 0.15) is 11.6 Å². The van der Waals surface area contributed by atoms with Gasteiger partial charge in [-0.05, 0) is 55.5 Å². The van der Waals surface area contributed by atoms with Gasteiger partial charge >= 0.3 is 0 Å². The van der Waals surface area contributed by atoms with E-state index < -0.39 is 0 Å². The highest BCUT2D eigenvalue weighted by Gasteiger charge is 2.32. The van der Waals surface area contributed by atoms with E-state index in [1.807, 2.05) is 30.0 Å². The maximum absolute atomic E-state index is 12.5. The van der Waals surface area contributed by atoms with Crippen LogP contribution in [0.3, 0.4) is 0 Å². The zero-order valence-corrected chi connectivity index (χ0v) is 18.0. The third-order valence-corrected chi connectivity index (χ3v) is 5.98. The number of aryl methyl sites for hydroxylation is 2. The molecule has 1 aromatic heterocycles. The number of benzene rings is 2. The minimum atomic E-state index is 0.0763. The van der Waals surface area contributed by atoms with Crippen molar-refractivity contribution >= 4 is 16.9 Å². The Balaban J connectivity index is 1.49. The van der Waals surface area contributed by atoms with Gasteiger partial charge in [-0.3, -0.25) is 4.79 Å². The first-order valence-electron chi connectivity index (χ1n) is 11.2. The van der Waals surface area contributed by atoms with Crippen LogP contribution in [0.25, 0.3) is 11.0 Å². The number of rotatable bonds is 8. The molecule has 2 aromatic carbocycles. The summed E-state index contributed by atoms with van der Waals surface area (Å²) >= 11 is 0. The Morgan fingerprint density at radius 2 is 1.93 bits per heavy atom. The number of aromatic nitrogens is 2. The lowest BCUT2D eigenvalue weighted by molar-refractivity contribution is -0.131. The van der Waals surface area contributed by atoms with E-state index in [2.05, 4.69) is 41.8 Å². The van der Waals surface area contributed by atoms with E-state index in [0.29, 0.717) is 13.0 Å². The fourth-order valence-corrected chi connectivity index (χ4v) is 4.35. The molecule has 1 aliphatic heterocycles. The van der Waals surface area contributed by atoms with E-state index in [9.17, 15) is 4.79 Å². The number of hydrogen-bond donors (Lipinski definition) is 0. The van der Waals surface area contributed by atoms with Crippen LogP contribution in [0, 0.1) is 0 Å². The third kappa shape index (κ3) is 4.20. The first-order chi connectivity index (χ1) is 14.7. The van der Waals surface area contributed by atoms with Crippen molar-refractivity contribution in [2.75, 3.05) is 13.2 Å². The molecule has 0 spiro atoms. The van der Waals surface area contributed by atoms with E-state index in [1.54, 1.807) is 0 Å². The molecule has 1 atom stereocenters.